The quantitative estimate of drug-likeness (QED) is 0.444. The number of esters is 1. The molecule has 1 aromatic rings. The highest BCUT2D eigenvalue weighted by molar-refractivity contribution is 5.73. The summed E-state index contributed by atoms with van der Waals surface area (Å²) in [5.74, 6) is -0.109. The predicted molar refractivity (Wildman–Crippen MR) is 67.7 cm³/mol. The van der Waals surface area contributed by atoms with Crippen molar-refractivity contribution in [3.8, 4) is 5.88 Å². The van der Waals surface area contributed by atoms with E-state index in [0.29, 0.717) is 12.2 Å². The summed E-state index contributed by atoms with van der Waals surface area (Å²) in [6, 6.07) is 1.33. The van der Waals surface area contributed by atoms with E-state index in [9.17, 15) is 14.9 Å². The molecule has 0 atom stereocenters. The van der Waals surface area contributed by atoms with Crippen molar-refractivity contribution in [3.05, 3.63) is 34.0 Å². The van der Waals surface area contributed by atoms with Gasteiger partial charge >= 0.3 is 5.97 Å². The molecule has 1 rings (SSSR count). The van der Waals surface area contributed by atoms with Crippen molar-refractivity contribution in [1.82, 2.24) is 4.98 Å². The Morgan fingerprint density at radius 2 is 2.32 bits per heavy atom. The lowest BCUT2D eigenvalue weighted by molar-refractivity contribution is -0.385. The molecule has 0 N–H and O–H groups in total. The van der Waals surface area contributed by atoms with E-state index in [0.717, 1.165) is 6.20 Å². The highest BCUT2D eigenvalue weighted by Crippen LogP contribution is 2.22. The standard InChI is InChI=1S/C12H14N2O5/c1-3-19-11(15)6-4-5-9-7-10(14(16)17)8-13-12(9)18-2/h4-5,7-8H,3,6H2,1-2H3. The van der Waals surface area contributed by atoms with Crippen LogP contribution < -0.4 is 4.74 Å². The minimum atomic E-state index is -0.547. The van der Waals surface area contributed by atoms with Crippen LogP contribution in [0.5, 0.6) is 5.88 Å². The Hall–Kier alpha value is -2.44. The molecule has 0 saturated heterocycles. The number of pyridine rings is 1. The first-order valence-electron chi connectivity index (χ1n) is 5.59. The second-order valence-corrected chi connectivity index (χ2v) is 3.46. The van der Waals surface area contributed by atoms with Crippen LogP contribution in [0, 0.1) is 10.1 Å². The Balaban J connectivity index is 2.85. The van der Waals surface area contributed by atoms with Gasteiger partial charge < -0.3 is 9.47 Å². The van der Waals surface area contributed by atoms with Crippen molar-refractivity contribution < 1.29 is 19.2 Å². The fourth-order valence-corrected chi connectivity index (χ4v) is 1.35. The average Bonchev–Trinajstić information content (AvgIpc) is 2.38. The Kier molecular flexibility index (Phi) is 5.46. The van der Waals surface area contributed by atoms with Crippen LogP contribution in [0.25, 0.3) is 6.08 Å². The molecule has 1 aromatic heterocycles. The monoisotopic (exact) mass is 266 g/mol. The summed E-state index contributed by atoms with van der Waals surface area (Å²) in [5.41, 5.74) is 0.289. The van der Waals surface area contributed by atoms with Gasteiger partial charge in [-0.2, -0.15) is 0 Å². The first-order valence-corrected chi connectivity index (χ1v) is 5.59. The maximum atomic E-state index is 11.1. The summed E-state index contributed by atoms with van der Waals surface area (Å²) in [4.78, 5) is 25.1. The molecule has 0 aliphatic heterocycles. The number of aromatic nitrogens is 1. The molecule has 7 heteroatoms. The van der Waals surface area contributed by atoms with E-state index in [2.05, 4.69) is 4.98 Å². The fourth-order valence-electron chi connectivity index (χ4n) is 1.35. The third kappa shape index (κ3) is 4.38. The van der Waals surface area contributed by atoms with Crippen molar-refractivity contribution in [2.24, 2.45) is 0 Å². The van der Waals surface area contributed by atoms with Crippen molar-refractivity contribution in [2.45, 2.75) is 13.3 Å². The van der Waals surface area contributed by atoms with Crippen molar-refractivity contribution in [2.75, 3.05) is 13.7 Å². The molecule has 0 aromatic carbocycles. The van der Waals surface area contributed by atoms with Gasteiger partial charge in [-0.25, -0.2) is 4.98 Å². The highest BCUT2D eigenvalue weighted by Gasteiger charge is 2.10. The Bertz CT molecular complexity index is 499. The summed E-state index contributed by atoms with van der Waals surface area (Å²) < 4.78 is 9.74. The molecule has 19 heavy (non-hydrogen) atoms. The minimum Gasteiger partial charge on any atom is -0.481 e. The fraction of sp³-hybridized carbons (Fsp3) is 0.333. The van der Waals surface area contributed by atoms with Gasteiger partial charge in [-0.3, -0.25) is 14.9 Å². The molecule has 0 bridgehead atoms. The predicted octanol–water partition coefficient (Wildman–Crippen LogP) is 1.96. The van der Waals surface area contributed by atoms with Gasteiger partial charge in [0, 0.05) is 11.6 Å². The van der Waals surface area contributed by atoms with Crippen LogP contribution in [0.15, 0.2) is 18.3 Å². The van der Waals surface area contributed by atoms with Crippen LogP contribution in [0.3, 0.4) is 0 Å². The maximum absolute atomic E-state index is 11.1. The Morgan fingerprint density at radius 3 is 2.89 bits per heavy atom. The smallest absolute Gasteiger partial charge is 0.309 e. The van der Waals surface area contributed by atoms with Crippen LogP contribution in [0.1, 0.15) is 18.9 Å². The van der Waals surface area contributed by atoms with Gasteiger partial charge in [-0.1, -0.05) is 12.2 Å². The molecular weight excluding hydrogens is 252 g/mol. The maximum Gasteiger partial charge on any atom is 0.309 e. The third-order valence-corrected chi connectivity index (χ3v) is 2.16. The second kappa shape index (κ2) is 7.10. The topological polar surface area (TPSA) is 91.6 Å². The van der Waals surface area contributed by atoms with Gasteiger partial charge in [0.05, 0.1) is 25.1 Å². The van der Waals surface area contributed by atoms with Gasteiger partial charge in [0.15, 0.2) is 0 Å². The number of methoxy groups -OCH3 is 1. The van der Waals surface area contributed by atoms with E-state index in [1.54, 1.807) is 13.0 Å². The van der Waals surface area contributed by atoms with Gasteiger partial charge in [0.1, 0.15) is 6.20 Å². The zero-order valence-electron chi connectivity index (χ0n) is 10.7. The lowest BCUT2D eigenvalue weighted by atomic mass is 10.2. The SMILES string of the molecule is CCOC(=O)CC=Cc1cc([N+](=O)[O-])cnc1OC. The normalized spacial score (nSPS) is 10.4. The lowest BCUT2D eigenvalue weighted by Gasteiger charge is -2.02. The number of carbonyl (C=O) groups is 1. The molecule has 0 saturated carbocycles. The molecule has 0 spiro atoms. The van der Waals surface area contributed by atoms with E-state index < -0.39 is 4.92 Å². The number of hydrogen-bond donors (Lipinski definition) is 0. The first kappa shape index (κ1) is 14.6. The van der Waals surface area contributed by atoms with Crippen LogP contribution in [0.4, 0.5) is 5.69 Å². The second-order valence-electron chi connectivity index (χ2n) is 3.46. The van der Waals surface area contributed by atoms with E-state index in [1.807, 2.05) is 0 Å². The number of nitrogens with zero attached hydrogens (tertiary/aromatic N) is 2. The van der Waals surface area contributed by atoms with Crippen LogP contribution >= 0.6 is 0 Å². The average molecular weight is 266 g/mol. The van der Waals surface area contributed by atoms with Crippen molar-refractivity contribution in [3.63, 3.8) is 0 Å². The number of hydrogen-bond acceptors (Lipinski definition) is 6. The van der Waals surface area contributed by atoms with Gasteiger partial charge in [0.2, 0.25) is 5.88 Å². The molecule has 0 amide bonds. The molecule has 0 radical (unpaired) electrons. The number of nitro groups is 1. The minimum absolute atomic E-state index is 0.0830. The molecule has 0 aliphatic rings. The zero-order valence-corrected chi connectivity index (χ0v) is 10.7. The summed E-state index contributed by atoms with van der Waals surface area (Å²) in [6.45, 7) is 2.03. The third-order valence-electron chi connectivity index (χ3n) is 2.16. The zero-order chi connectivity index (χ0) is 14.3. The first-order chi connectivity index (χ1) is 9.08. The van der Waals surface area contributed by atoms with E-state index >= 15 is 0 Å². The lowest BCUT2D eigenvalue weighted by Crippen LogP contribution is -2.01. The largest absolute Gasteiger partial charge is 0.481 e. The Labute approximate surface area is 110 Å². The molecule has 0 unspecified atom stereocenters. The Morgan fingerprint density at radius 1 is 1.58 bits per heavy atom. The molecule has 0 aliphatic carbocycles. The van der Waals surface area contributed by atoms with E-state index in [-0.39, 0.29) is 24.0 Å². The van der Waals surface area contributed by atoms with Crippen LogP contribution in [-0.2, 0) is 9.53 Å². The van der Waals surface area contributed by atoms with Crippen LogP contribution in [-0.4, -0.2) is 29.6 Å². The number of carbonyl (C=O) groups excluding carboxylic acids is 1. The van der Waals surface area contributed by atoms with E-state index in [4.69, 9.17) is 9.47 Å². The number of ether oxygens (including phenoxy) is 2. The summed E-state index contributed by atoms with van der Waals surface area (Å²) in [7, 11) is 1.41. The molecular formula is C12H14N2O5. The van der Waals surface area contributed by atoms with Gasteiger partial charge in [-0.15, -0.1) is 0 Å². The highest BCUT2D eigenvalue weighted by atomic mass is 16.6. The van der Waals surface area contributed by atoms with Gasteiger partial charge in [0.25, 0.3) is 5.69 Å². The molecule has 102 valence electrons. The molecule has 0 fully saturated rings. The summed E-state index contributed by atoms with van der Waals surface area (Å²) in [5, 5.41) is 10.6. The van der Waals surface area contributed by atoms with Crippen LogP contribution in [0.2, 0.25) is 0 Å². The molecule has 7 nitrogen and oxygen atoms in total. The summed E-state index contributed by atoms with van der Waals surface area (Å²) >= 11 is 0. The van der Waals surface area contributed by atoms with Crippen molar-refractivity contribution >= 4 is 17.7 Å². The number of rotatable bonds is 6. The van der Waals surface area contributed by atoms with Gasteiger partial charge in [-0.05, 0) is 6.92 Å². The summed E-state index contributed by atoms with van der Waals surface area (Å²) in [6.07, 6.45) is 4.28. The van der Waals surface area contributed by atoms with E-state index in [1.165, 1.54) is 19.3 Å². The molecule has 1 heterocycles. The van der Waals surface area contributed by atoms with Crippen molar-refractivity contribution in [1.29, 1.82) is 0 Å².